The fraction of sp³-hybridized carbons (Fsp3) is 0.364. The predicted octanol–water partition coefficient (Wildman–Crippen LogP) is 1.38. The maximum absolute atomic E-state index is 11.8. The average Bonchev–Trinajstić information content (AvgIpc) is 2.33. The molecule has 0 atom stereocenters. The van der Waals surface area contributed by atoms with E-state index in [9.17, 15) is 4.79 Å². The largest absolute Gasteiger partial charge is 0.398 e. The molecular formula is C11H15BrN2O3. The third-order valence-electron chi connectivity index (χ3n) is 2.22. The molecule has 1 aromatic carbocycles. The van der Waals surface area contributed by atoms with Gasteiger partial charge in [0.25, 0.3) is 5.91 Å². The first-order chi connectivity index (χ1) is 8.08. The second-order valence-corrected chi connectivity index (χ2v) is 4.20. The van der Waals surface area contributed by atoms with Crippen molar-refractivity contribution in [1.29, 1.82) is 0 Å². The smallest absolute Gasteiger partial charge is 0.251 e. The number of hydrogen-bond acceptors (Lipinski definition) is 4. The molecule has 0 fully saturated rings. The van der Waals surface area contributed by atoms with Gasteiger partial charge in [-0.15, -0.1) is 0 Å². The van der Waals surface area contributed by atoms with Crippen LogP contribution >= 0.6 is 15.9 Å². The quantitative estimate of drug-likeness (QED) is 0.636. The van der Waals surface area contributed by atoms with Crippen molar-refractivity contribution in [2.45, 2.75) is 6.29 Å². The Morgan fingerprint density at radius 2 is 2.12 bits per heavy atom. The van der Waals surface area contributed by atoms with Crippen molar-refractivity contribution < 1.29 is 14.3 Å². The van der Waals surface area contributed by atoms with Crippen LogP contribution in [-0.2, 0) is 9.47 Å². The van der Waals surface area contributed by atoms with Crippen LogP contribution in [0.5, 0.6) is 0 Å². The molecule has 0 heterocycles. The van der Waals surface area contributed by atoms with Crippen LogP contribution in [0.25, 0.3) is 0 Å². The number of nitrogen functional groups attached to an aromatic ring is 1. The molecule has 17 heavy (non-hydrogen) atoms. The van der Waals surface area contributed by atoms with Gasteiger partial charge >= 0.3 is 0 Å². The number of rotatable bonds is 5. The highest BCUT2D eigenvalue weighted by atomic mass is 79.9. The number of anilines is 1. The van der Waals surface area contributed by atoms with Crippen LogP contribution in [0.4, 0.5) is 5.69 Å². The Labute approximate surface area is 108 Å². The summed E-state index contributed by atoms with van der Waals surface area (Å²) in [5.41, 5.74) is 6.75. The molecule has 0 spiro atoms. The maximum Gasteiger partial charge on any atom is 0.251 e. The number of nitrogens with one attached hydrogen (secondary N) is 1. The summed E-state index contributed by atoms with van der Waals surface area (Å²) >= 11 is 3.27. The molecule has 1 amide bonds. The third kappa shape index (κ3) is 3.99. The molecule has 3 N–H and O–H groups in total. The fourth-order valence-electron chi connectivity index (χ4n) is 1.21. The highest BCUT2D eigenvalue weighted by Crippen LogP contribution is 2.20. The third-order valence-corrected chi connectivity index (χ3v) is 2.90. The van der Waals surface area contributed by atoms with Crippen LogP contribution in [0.1, 0.15) is 10.4 Å². The molecule has 0 saturated carbocycles. The van der Waals surface area contributed by atoms with Gasteiger partial charge in [0.05, 0.1) is 6.54 Å². The van der Waals surface area contributed by atoms with Crippen molar-refractivity contribution in [2.75, 3.05) is 26.5 Å². The lowest BCUT2D eigenvalue weighted by Gasteiger charge is -2.14. The molecule has 1 rings (SSSR count). The molecule has 0 aliphatic heterocycles. The van der Waals surface area contributed by atoms with Gasteiger partial charge in [-0.3, -0.25) is 4.79 Å². The van der Waals surface area contributed by atoms with Gasteiger partial charge < -0.3 is 20.5 Å². The molecule has 0 unspecified atom stereocenters. The summed E-state index contributed by atoms with van der Waals surface area (Å²) in [6, 6.07) is 4.99. The first kappa shape index (κ1) is 14.0. The molecule has 94 valence electrons. The van der Waals surface area contributed by atoms with Crippen LogP contribution < -0.4 is 11.1 Å². The van der Waals surface area contributed by atoms with Gasteiger partial charge in [-0.1, -0.05) is 0 Å². The number of ether oxygens (including phenoxy) is 2. The zero-order valence-corrected chi connectivity index (χ0v) is 11.3. The van der Waals surface area contributed by atoms with Gasteiger partial charge in [0, 0.05) is 29.9 Å². The van der Waals surface area contributed by atoms with Gasteiger partial charge in [0.2, 0.25) is 0 Å². The molecule has 1 aromatic rings. The van der Waals surface area contributed by atoms with Gasteiger partial charge in [-0.2, -0.15) is 0 Å². The lowest BCUT2D eigenvalue weighted by atomic mass is 10.2. The minimum atomic E-state index is -0.448. The summed E-state index contributed by atoms with van der Waals surface area (Å²) in [5, 5.41) is 2.70. The summed E-state index contributed by atoms with van der Waals surface area (Å²) in [7, 11) is 3.03. The Morgan fingerprint density at radius 3 is 2.65 bits per heavy atom. The molecular weight excluding hydrogens is 288 g/mol. The summed E-state index contributed by atoms with van der Waals surface area (Å²) < 4.78 is 10.6. The number of amides is 1. The van der Waals surface area contributed by atoms with Crippen molar-refractivity contribution in [3.63, 3.8) is 0 Å². The Balaban J connectivity index is 2.61. The number of nitrogens with two attached hydrogens (primary N) is 1. The number of hydrogen-bond donors (Lipinski definition) is 2. The lowest BCUT2D eigenvalue weighted by molar-refractivity contribution is -0.0974. The van der Waals surface area contributed by atoms with E-state index >= 15 is 0 Å². The number of carbonyl (C=O) groups is 1. The van der Waals surface area contributed by atoms with E-state index in [0.717, 1.165) is 0 Å². The topological polar surface area (TPSA) is 73.6 Å². The molecule has 6 heteroatoms. The van der Waals surface area contributed by atoms with E-state index < -0.39 is 6.29 Å². The van der Waals surface area contributed by atoms with E-state index in [0.29, 0.717) is 15.7 Å². The fourth-order valence-corrected chi connectivity index (χ4v) is 1.59. The van der Waals surface area contributed by atoms with Crippen molar-refractivity contribution in [3.05, 3.63) is 28.2 Å². The maximum atomic E-state index is 11.8. The predicted molar refractivity (Wildman–Crippen MR) is 68.7 cm³/mol. The Kier molecular flexibility index (Phi) is 5.40. The Bertz CT molecular complexity index is 394. The highest BCUT2D eigenvalue weighted by molar-refractivity contribution is 9.10. The minimum Gasteiger partial charge on any atom is -0.398 e. The van der Waals surface area contributed by atoms with E-state index in [1.165, 1.54) is 14.2 Å². The average molecular weight is 303 g/mol. The summed E-state index contributed by atoms with van der Waals surface area (Å²) in [5.74, 6) is -0.204. The van der Waals surface area contributed by atoms with Crippen LogP contribution in [0.3, 0.4) is 0 Å². The Morgan fingerprint density at radius 1 is 1.47 bits per heavy atom. The SMILES string of the molecule is COC(CNC(=O)c1ccc(N)c(Br)c1)OC. The highest BCUT2D eigenvalue weighted by Gasteiger charge is 2.10. The second-order valence-electron chi connectivity index (χ2n) is 3.35. The van der Waals surface area contributed by atoms with E-state index in [1.807, 2.05) is 0 Å². The number of methoxy groups -OCH3 is 2. The summed E-state index contributed by atoms with van der Waals surface area (Å²) in [6.45, 7) is 0.286. The molecule has 0 aromatic heterocycles. The normalized spacial score (nSPS) is 10.6. The first-order valence-electron chi connectivity index (χ1n) is 4.97. The standard InChI is InChI=1S/C11H15BrN2O3/c1-16-10(17-2)6-14-11(15)7-3-4-9(13)8(12)5-7/h3-5,10H,6,13H2,1-2H3,(H,14,15). The van der Waals surface area contributed by atoms with Crippen molar-refractivity contribution in [3.8, 4) is 0 Å². The number of benzene rings is 1. The van der Waals surface area contributed by atoms with Crippen molar-refractivity contribution in [1.82, 2.24) is 5.32 Å². The van der Waals surface area contributed by atoms with E-state index in [4.69, 9.17) is 15.2 Å². The van der Waals surface area contributed by atoms with E-state index in [2.05, 4.69) is 21.2 Å². The van der Waals surface area contributed by atoms with Gasteiger partial charge in [0.15, 0.2) is 6.29 Å². The van der Waals surface area contributed by atoms with Crippen molar-refractivity contribution in [2.24, 2.45) is 0 Å². The van der Waals surface area contributed by atoms with Crippen LogP contribution in [0.15, 0.2) is 22.7 Å². The molecule has 0 aliphatic carbocycles. The zero-order chi connectivity index (χ0) is 12.8. The zero-order valence-electron chi connectivity index (χ0n) is 9.70. The summed E-state index contributed by atoms with van der Waals surface area (Å²) in [6.07, 6.45) is -0.448. The number of carbonyl (C=O) groups excluding carboxylic acids is 1. The molecule has 0 aliphatic rings. The monoisotopic (exact) mass is 302 g/mol. The molecule has 0 bridgehead atoms. The van der Waals surface area contributed by atoms with Crippen LogP contribution in [0, 0.1) is 0 Å². The Hall–Kier alpha value is -1.11. The number of halogens is 1. The molecule has 5 nitrogen and oxygen atoms in total. The van der Waals surface area contributed by atoms with Crippen molar-refractivity contribution >= 4 is 27.5 Å². The van der Waals surface area contributed by atoms with Gasteiger partial charge in [0.1, 0.15) is 0 Å². The van der Waals surface area contributed by atoms with Gasteiger partial charge in [-0.05, 0) is 34.1 Å². The van der Waals surface area contributed by atoms with Gasteiger partial charge in [-0.25, -0.2) is 0 Å². The van der Waals surface area contributed by atoms with E-state index in [1.54, 1.807) is 18.2 Å². The molecule has 0 radical (unpaired) electrons. The van der Waals surface area contributed by atoms with E-state index in [-0.39, 0.29) is 12.5 Å². The molecule has 0 saturated heterocycles. The lowest BCUT2D eigenvalue weighted by Crippen LogP contribution is -2.34. The van der Waals surface area contributed by atoms with Crippen LogP contribution in [0.2, 0.25) is 0 Å². The first-order valence-corrected chi connectivity index (χ1v) is 5.76. The minimum absolute atomic E-state index is 0.204. The summed E-state index contributed by atoms with van der Waals surface area (Å²) in [4.78, 5) is 11.8. The second kappa shape index (κ2) is 6.58. The van der Waals surface area contributed by atoms with Crippen LogP contribution in [-0.4, -0.2) is 33.0 Å².